The van der Waals surface area contributed by atoms with Gasteiger partial charge in [0.1, 0.15) is 11.5 Å². The fourth-order valence-electron chi connectivity index (χ4n) is 7.01. The van der Waals surface area contributed by atoms with Crippen LogP contribution in [0.4, 0.5) is 0 Å². The van der Waals surface area contributed by atoms with Crippen LogP contribution in [0, 0.1) is 23.2 Å². The largest absolute Gasteiger partial charge is 0.452 e. The van der Waals surface area contributed by atoms with Crippen molar-refractivity contribution in [3.05, 3.63) is 60.7 Å². The first-order valence-corrected chi connectivity index (χ1v) is 15.6. The van der Waals surface area contributed by atoms with E-state index in [1.165, 1.54) is 19.3 Å². The minimum atomic E-state index is -3.78. The van der Waals surface area contributed by atoms with Crippen molar-refractivity contribution in [2.45, 2.75) is 70.5 Å². The van der Waals surface area contributed by atoms with Crippen molar-refractivity contribution in [2.75, 3.05) is 6.54 Å². The zero-order valence-corrected chi connectivity index (χ0v) is 23.0. The van der Waals surface area contributed by atoms with E-state index in [2.05, 4.69) is 10.6 Å². The maximum Gasteiger partial charge on any atom is 0.452 e. The van der Waals surface area contributed by atoms with Gasteiger partial charge in [-0.1, -0.05) is 36.4 Å². The van der Waals surface area contributed by atoms with Gasteiger partial charge in [-0.3, -0.25) is 9.59 Å². The summed E-state index contributed by atoms with van der Waals surface area (Å²) in [5, 5.41) is 5.99. The molecule has 0 aliphatic heterocycles. The van der Waals surface area contributed by atoms with Crippen LogP contribution in [0.5, 0.6) is 11.5 Å². The fourth-order valence-corrected chi connectivity index (χ4v) is 8.49. The summed E-state index contributed by atoms with van der Waals surface area (Å²) in [5.41, 5.74) is -0.139. The highest BCUT2D eigenvalue weighted by Gasteiger charge is 2.54. The topological polar surface area (TPSA) is 93.7 Å². The standard InChI is InChI=1S/C30H39N2O5P/c1-22(38(35,36-26-10-4-2-5-11-26)37-27-12-6-3-7-13-27)32-28(33)14-8-9-15-31-29(34)30-19-23-16-24(20-30)18-25(17-23)21-30/h2-7,10-13,22-25H,8-9,14-21H2,1H3,(H,31,34)(H,32,33)/t22-,23?,24?,25?,30?/m0/s1. The molecule has 2 amide bonds. The monoisotopic (exact) mass is 538 g/mol. The van der Waals surface area contributed by atoms with Crippen molar-refractivity contribution in [3.63, 3.8) is 0 Å². The van der Waals surface area contributed by atoms with E-state index in [1.807, 2.05) is 12.1 Å². The molecule has 2 N–H and O–H groups in total. The number of para-hydroxylation sites is 2. The highest BCUT2D eigenvalue weighted by molar-refractivity contribution is 7.55. The summed E-state index contributed by atoms with van der Waals surface area (Å²) < 4.78 is 25.4. The lowest BCUT2D eigenvalue weighted by atomic mass is 9.49. The first-order chi connectivity index (χ1) is 18.3. The number of hydrogen-bond donors (Lipinski definition) is 2. The highest BCUT2D eigenvalue weighted by atomic mass is 31.2. The summed E-state index contributed by atoms with van der Waals surface area (Å²) in [5.74, 6) is 2.18. The summed E-state index contributed by atoms with van der Waals surface area (Å²) in [7, 11) is -3.78. The van der Waals surface area contributed by atoms with Gasteiger partial charge in [0.2, 0.25) is 11.8 Å². The summed E-state index contributed by atoms with van der Waals surface area (Å²) >= 11 is 0. The summed E-state index contributed by atoms with van der Waals surface area (Å²) in [4.78, 5) is 25.8. The predicted molar refractivity (Wildman–Crippen MR) is 147 cm³/mol. The number of hydrogen-bond acceptors (Lipinski definition) is 5. The molecule has 0 spiro atoms. The molecule has 0 aromatic heterocycles. The molecule has 6 rings (SSSR count). The zero-order valence-electron chi connectivity index (χ0n) is 22.1. The van der Waals surface area contributed by atoms with Crippen molar-refractivity contribution in [1.82, 2.24) is 10.6 Å². The minimum absolute atomic E-state index is 0.139. The van der Waals surface area contributed by atoms with Crippen LogP contribution in [0.2, 0.25) is 0 Å². The van der Waals surface area contributed by atoms with E-state index in [0.717, 1.165) is 43.4 Å². The van der Waals surface area contributed by atoms with E-state index >= 15 is 0 Å². The third-order valence-electron chi connectivity index (χ3n) is 8.43. The van der Waals surface area contributed by atoms with E-state index in [1.54, 1.807) is 55.5 Å². The molecule has 7 nitrogen and oxygen atoms in total. The number of unbranched alkanes of at least 4 members (excludes halogenated alkanes) is 1. The molecule has 8 heteroatoms. The van der Waals surface area contributed by atoms with Gasteiger partial charge in [-0.25, -0.2) is 4.57 Å². The molecule has 4 aliphatic rings. The number of amides is 2. The number of carbonyl (C=O) groups is 2. The molecule has 1 atom stereocenters. The molecule has 0 saturated heterocycles. The Bertz CT molecular complexity index is 1070. The molecule has 0 heterocycles. The molecule has 4 fully saturated rings. The van der Waals surface area contributed by atoms with Gasteiger partial charge < -0.3 is 19.7 Å². The van der Waals surface area contributed by atoms with Crippen LogP contribution in [-0.4, -0.2) is 24.1 Å². The second-order valence-electron chi connectivity index (χ2n) is 11.5. The van der Waals surface area contributed by atoms with Crippen LogP contribution in [-0.2, 0) is 14.2 Å². The van der Waals surface area contributed by atoms with Gasteiger partial charge >= 0.3 is 7.60 Å². The molecule has 2 aromatic carbocycles. The minimum Gasteiger partial charge on any atom is -0.415 e. The van der Waals surface area contributed by atoms with E-state index in [4.69, 9.17) is 9.05 Å². The average molecular weight is 539 g/mol. The van der Waals surface area contributed by atoms with Crippen LogP contribution in [0.25, 0.3) is 0 Å². The Kier molecular flexibility index (Phi) is 8.13. The Hall–Kier alpha value is -2.79. The Labute approximate surface area is 225 Å². The summed E-state index contributed by atoms with van der Waals surface area (Å²) in [6.07, 6.45) is 8.75. The van der Waals surface area contributed by atoms with E-state index in [9.17, 15) is 14.2 Å². The molecule has 38 heavy (non-hydrogen) atoms. The van der Waals surface area contributed by atoms with E-state index in [-0.39, 0.29) is 23.7 Å². The van der Waals surface area contributed by atoms with Gasteiger partial charge in [0.25, 0.3) is 0 Å². The van der Waals surface area contributed by atoms with Crippen molar-refractivity contribution < 1.29 is 23.2 Å². The quantitative estimate of drug-likeness (QED) is 0.244. The van der Waals surface area contributed by atoms with Gasteiger partial charge in [-0.2, -0.15) is 0 Å². The molecular formula is C30H39N2O5P. The van der Waals surface area contributed by atoms with Crippen molar-refractivity contribution in [1.29, 1.82) is 0 Å². The summed E-state index contributed by atoms with van der Waals surface area (Å²) in [6.45, 7) is 2.21. The molecule has 0 unspecified atom stereocenters. The zero-order chi connectivity index (χ0) is 26.6. The second kappa shape index (κ2) is 11.5. The average Bonchev–Trinajstić information content (AvgIpc) is 2.88. The first-order valence-electron chi connectivity index (χ1n) is 14.0. The van der Waals surface area contributed by atoms with Gasteiger partial charge in [0.15, 0.2) is 5.78 Å². The van der Waals surface area contributed by atoms with Crippen molar-refractivity contribution in [2.24, 2.45) is 23.2 Å². The Morgan fingerprint density at radius 1 is 0.868 bits per heavy atom. The smallest absolute Gasteiger partial charge is 0.415 e. The lowest BCUT2D eigenvalue weighted by Crippen LogP contribution is -2.53. The molecule has 204 valence electrons. The number of carbonyl (C=O) groups excluding carboxylic acids is 2. The van der Waals surface area contributed by atoms with Crippen LogP contribution in [0.1, 0.15) is 64.7 Å². The van der Waals surface area contributed by atoms with Gasteiger partial charge in [-0.15, -0.1) is 0 Å². The maximum absolute atomic E-state index is 13.8. The van der Waals surface area contributed by atoms with Gasteiger partial charge in [0, 0.05) is 18.4 Å². The summed E-state index contributed by atoms with van der Waals surface area (Å²) in [6, 6.07) is 17.6. The Morgan fingerprint density at radius 3 is 1.87 bits per heavy atom. The lowest BCUT2D eigenvalue weighted by Gasteiger charge is -2.55. The molecule has 2 aromatic rings. The van der Waals surface area contributed by atoms with Gasteiger partial charge in [0.05, 0.1) is 0 Å². The number of nitrogens with one attached hydrogen (secondary N) is 2. The van der Waals surface area contributed by atoms with Crippen molar-refractivity contribution in [3.8, 4) is 11.5 Å². The molecule has 4 saturated carbocycles. The molecule has 4 bridgehead atoms. The van der Waals surface area contributed by atoms with Crippen LogP contribution in [0.15, 0.2) is 60.7 Å². The lowest BCUT2D eigenvalue weighted by molar-refractivity contribution is -0.146. The molecule has 0 radical (unpaired) electrons. The number of benzene rings is 2. The highest BCUT2D eigenvalue weighted by Crippen LogP contribution is 2.60. The Balaban J connectivity index is 1.08. The SMILES string of the molecule is C[C@@H](NC(=O)CCCCNC(=O)C12CC3CC(CC(C3)C1)C2)P(=O)(Oc1ccccc1)Oc1ccccc1. The fraction of sp³-hybridized carbons (Fsp3) is 0.533. The third-order valence-corrected chi connectivity index (χ3v) is 10.4. The molecule has 4 aliphatic carbocycles. The Morgan fingerprint density at radius 2 is 1.37 bits per heavy atom. The predicted octanol–water partition coefficient (Wildman–Crippen LogP) is 6.30. The second-order valence-corrected chi connectivity index (χ2v) is 13.7. The van der Waals surface area contributed by atoms with Crippen LogP contribution in [0.3, 0.4) is 0 Å². The van der Waals surface area contributed by atoms with Crippen LogP contribution < -0.4 is 19.7 Å². The maximum atomic E-state index is 13.8. The number of rotatable bonds is 12. The van der Waals surface area contributed by atoms with Gasteiger partial charge in [-0.05, 0) is 100 Å². The normalized spacial score (nSPS) is 26.4. The van der Waals surface area contributed by atoms with E-state index in [0.29, 0.717) is 24.5 Å². The molecular weight excluding hydrogens is 499 g/mol. The third kappa shape index (κ3) is 6.26. The van der Waals surface area contributed by atoms with E-state index < -0.39 is 13.4 Å². The van der Waals surface area contributed by atoms with Crippen LogP contribution >= 0.6 is 7.60 Å². The first kappa shape index (κ1) is 26.8. The van der Waals surface area contributed by atoms with Crippen molar-refractivity contribution >= 4 is 19.4 Å².